The summed E-state index contributed by atoms with van der Waals surface area (Å²) in [4.78, 5) is 62.4. The summed E-state index contributed by atoms with van der Waals surface area (Å²) in [5.74, 6) is -1.44. The molecule has 0 radical (unpaired) electrons. The van der Waals surface area contributed by atoms with Gasteiger partial charge < -0.3 is 20.7 Å². The van der Waals surface area contributed by atoms with Crippen molar-refractivity contribution in [1.29, 1.82) is 0 Å². The number of epoxide rings is 1. The van der Waals surface area contributed by atoms with Crippen LogP contribution >= 0.6 is 11.3 Å². The van der Waals surface area contributed by atoms with Crippen molar-refractivity contribution in [1.82, 2.24) is 25.9 Å². The van der Waals surface area contributed by atoms with Crippen molar-refractivity contribution in [3.05, 3.63) is 82.1 Å². The van der Waals surface area contributed by atoms with E-state index in [0.717, 1.165) is 16.1 Å². The molecule has 1 aromatic carbocycles. The number of ether oxygens (including phenoxy) is 1. The average molecular weight is 606 g/mol. The highest BCUT2D eigenvalue weighted by atomic mass is 32.1. The van der Waals surface area contributed by atoms with Gasteiger partial charge in [-0.3, -0.25) is 24.2 Å². The molecule has 1 unspecified atom stereocenters. The summed E-state index contributed by atoms with van der Waals surface area (Å²) in [6.45, 7) is 7.79. The Kier molecular flexibility index (Phi) is 10.8. The number of hydrogen-bond acceptors (Lipinski definition) is 8. The molecule has 3 heterocycles. The Morgan fingerprint density at radius 3 is 2.19 bits per heavy atom. The summed E-state index contributed by atoms with van der Waals surface area (Å²) in [6, 6.07) is 10.5. The standard InChI is InChI=1S/C32H39N5O5S/c1-20(2)16-25(28(38)32(4)19-42-32)36-30(40)26(17-23-12-14-33-15-13-23)37-29(39)24(11-10-22-8-6-5-7-9-22)35-31(41)27-18-34-21(3)43-27/h5-9,12-15,18,20,24-26H,10-11,16-17,19H2,1-4H3,(H,35,41)(H,36,40)(H,37,39)/t24-,25?,26-,32+/m0/s1. The molecular weight excluding hydrogens is 566 g/mol. The molecule has 0 bridgehead atoms. The van der Waals surface area contributed by atoms with Gasteiger partial charge in [0.05, 0.1) is 23.9 Å². The van der Waals surface area contributed by atoms with Crippen molar-refractivity contribution < 1.29 is 23.9 Å². The van der Waals surface area contributed by atoms with Crippen LogP contribution in [-0.4, -0.2) is 63.8 Å². The minimum atomic E-state index is -1.01. The average Bonchev–Trinajstić information content (AvgIpc) is 3.59. The third-order valence-electron chi connectivity index (χ3n) is 7.29. The minimum absolute atomic E-state index is 0.137. The molecule has 3 aromatic rings. The zero-order valence-corrected chi connectivity index (χ0v) is 25.8. The van der Waals surface area contributed by atoms with Gasteiger partial charge in [-0.05, 0) is 62.3 Å². The molecule has 0 saturated carbocycles. The lowest BCUT2D eigenvalue weighted by Gasteiger charge is -2.26. The maximum atomic E-state index is 13.8. The van der Waals surface area contributed by atoms with Gasteiger partial charge in [-0.25, -0.2) is 4.98 Å². The number of aryl methyl sites for hydroxylation is 2. The van der Waals surface area contributed by atoms with Crippen LogP contribution in [0.2, 0.25) is 0 Å². The second-order valence-electron chi connectivity index (χ2n) is 11.5. The van der Waals surface area contributed by atoms with Crippen molar-refractivity contribution in [2.45, 2.75) is 77.1 Å². The number of thiazole rings is 1. The van der Waals surface area contributed by atoms with E-state index in [4.69, 9.17) is 4.74 Å². The topological polar surface area (TPSA) is 143 Å². The molecule has 4 rings (SSSR count). The van der Waals surface area contributed by atoms with E-state index in [-0.39, 0.29) is 18.1 Å². The SMILES string of the molecule is Cc1ncc(C(=O)N[C@@H](CCc2ccccc2)C(=O)N[C@@H](Cc2ccncc2)C(=O)NC(CC(C)C)C(=O)[C@@]2(C)CO2)s1. The highest BCUT2D eigenvalue weighted by Crippen LogP contribution is 2.29. The monoisotopic (exact) mass is 605 g/mol. The Hall–Kier alpha value is -3.96. The molecule has 1 fully saturated rings. The van der Waals surface area contributed by atoms with Crippen LogP contribution in [0.15, 0.2) is 61.1 Å². The lowest BCUT2D eigenvalue weighted by atomic mass is 9.93. The van der Waals surface area contributed by atoms with Crippen LogP contribution in [0.25, 0.3) is 0 Å². The predicted molar refractivity (Wildman–Crippen MR) is 163 cm³/mol. The van der Waals surface area contributed by atoms with Gasteiger partial charge in [0.1, 0.15) is 22.6 Å². The van der Waals surface area contributed by atoms with E-state index in [2.05, 4.69) is 25.9 Å². The van der Waals surface area contributed by atoms with Gasteiger partial charge in [0.25, 0.3) is 5.91 Å². The predicted octanol–water partition coefficient (Wildman–Crippen LogP) is 3.19. The molecule has 0 aliphatic carbocycles. The van der Waals surface area contributed by atoms with Crippen molar-refractivity contribution >= 4 is 34.8 Å². The van der Waals surface area contributed by atoms with E-state index in [1.807, 2.05) is 44.2 Å². The van der Waals surface area contributed by atoms with E-state index in [9.17, 15) is 19.2 Å². The summed E-state index contributed by atoms with van der Waals surface area (Å²) < 4.78 is 5.37. The number of nitrogens with zero attached hydrogens (tertiary/aromatic N) is 2. The maximum Gasteiger partial charge on any atom is 0.263 e. The first-order chi connectivity index (χ1) is 20.5. The summed E-state index contributed by atoms with van der Waals surface area (Å²) in [6.07, 6.45) is 6.16. The van der Waals surface area contributed by atoms with Crippen LogP contribution in [0.3, 0.4) is 0 Å². The van der Waals surface area contributed by atoms with Gasteiger partial charge in [0, 0.05) is 18.8 Å². The van der Waals surface area contributed by atoms with Crippen LogP contribution in [0.4, 0.5) is 0 Å². The number of benzene rings is 1. The van der Waals surface area contributed by atoms with Gasteiger partial charge >= 0.3 is 0 Å². The third kappa shape index (κ3) is 9.26. The number of hydrogen-bond donors (Lipinski definition) is 3. The Morgan fingerprint density at radius 1 is 0.930 bits per heavy atom. The molecule has 3 amide bonds. The van der Waals surface area contributed by atoms with Crippen LogP contribution in [0, 0.1) is 12.8 Å². The van der Waals surface area contributed by atoms with Gasteiger partial charge in [0.2, 0.25) is 11.8 Å². The van der Waals surface area contributed by atoms with Gasteiger partial charge in [-0.15, -0.1) is 11.3 Å². The Labute approximate surface area is 256 Å². The number of ketones is 1. The third-order valence-corrected chi connectivity index (χ3v) is 8.20. The molecule has 4 atom stereocenters. The number of nitrogens with one attached hydrogen (secondary N) is 3. The van der Waals surface area contributed by atoms with E-state index in [0.29, 0.717) is 30.7 Å². The molecule has 1 aliphatic heterocycles. The van der Waals surface area contributed by atoms with Crippen LogP contribution in [-0.2, 0) is 32.0 Å². The highest BCUT2D eigenvalue weighted by molar-refractivity contribution is 7.13. The van der Waals surface area contributed by atoms with Gasteiger partial charge in [-0.2, -0.15) is 0 Å². The normalized spacial score (nSPS) is 17.9. The number of amides is 3. The fourth-order valence-corrected chi connectivity index (χ4v) is 5.43. The smallest absolute Gasteiger partial charge is 0.263 e. The quantitative estimate of drug-likeness (QED) is 0.226. The number of aromatic nitrogens is 2. The molecule has 228 valence electrons. The van der Waals surface area contributed by atoms with Crippen LogP contribution < -0.4 is 16.0 Å². The molecular formula is C32H39N5O5S. The van der Waals surface area contributed by atoms with Crippen LogP contribution in [0.1, 0.15) is 59.4 Å². The fourth-order valence-electron chi connectivity index (χ4n) is 4.75. The lowest BCUT2D eigenvalue weighted by molar-refractivity contribution is -0.133. The molecule has 10 nitrogen and oxygen atoms in total. The first-order valence-corrected chi connectivity index (χ1v) is 15.3. The molecule has 2 aromatic heterocycles. The second-order valence-corrected chi connectivity index (χ2v) is 12.7. The first kappa shape index (κ1) is 32.0. The minimum Gasteiger partial charge on any atom is -0.361 e. The van der Waals surface area contributed by atoms with Crippen LogP contribution in [0.5, 0.6) is 0 Å². The van der Waals surface area contributed by atoms with E-state index in [1.165, 1.54) is 17.5 Å². The van der Waals surface area contributed by atoms with Crippen molar-refractivity contribution in [3.8, 4) is 0 Å². The number of rotatable bonds is 15. The van der Waals surface area contributed by atoms with Gasteiger partial charge in [-0.1, -0.05) is 44.2 Å². The number of carbonyl (C=O) groups is 4. The lowest BCUT2D eigenvalue weighted by Crippen LogP contribution is -2.57. The van der Waals surface area contributed by atoms with E-state index < -0.39 is 41.4 Å². The summed E-state index contributed by atoms with van der Waals surface area (Å²) in [7, 11) is 0. The molecule has 1 aliphatic rings. The Bertz CT molecular complexity index is 1410. The van der Waals surface area contributed by atoms with Crippen molar-refractivity contribution in [2.75, 3.05) is 6.61 Å². The summed E-state index contributed by atoms with van der Waals surface area (Å²) in [5.41, 5.74) is 0.892. The zero-order chi connectivity index (χ0) is 31.0. The first-order valence-electron chi connectivity index (χ1n) is 14.5. The van der Waals surface area contributed by atoms with Gasteiger partial charge in [0.15, 0.2) is 5.78 Å². The molecule has 11 heteroatoms. The number of Topliss-reactive ketones (excluding diaryl/α,β-unsaturated/α-hetero) is 1. The molecule has 3 N–H and O–H groups in total. The highest BCUT2D eigenvalue weighted by Gasteiger charge is 2.50. The van der Waals surface area contributed by atoms with E-state index >= 15 is 0 Å². The van der Waals surface area contributed by atoms with Crippen molar-refractivity contribution in [2.24, 2.45) is 5.92 Å². The number of carbonyl (C=O) groups excluding carboxylic acids is 4. The molecule has 0 spiro atoms. The van der Waals surface area contributed by atoms with Crippen molar-refractivity contribution in [3.63, 3.8) is 0 Å². The zero-order valence-electron chi connectivity index (χ0n) is 25.0. The number of pyridine rings is 1. The largest absolute Gasteiger partial charge is 0.361 e. The maximum absolute atomic E-state index is 13.8. The Balaban J connectivity index is 1.54. The summed E-state index contributed by atoms with van der Waals surface area (Å²) in [5, 5.41) is 9.35. The summed E-state index contributed by atoms with van der Waals surface area (Å²) >= 11 is 1.24. The Morgan fingerprint density at radius 2 is 1.58 bits per heavy atom. The molecule has 43 heavy (non-hydrogen) atoms. The molecule has 1 saturated heterocycles. The fraction of sp³-hybridized carbons (Fsp3) is 0.438. The van der Waals surface area contributed by atoms with E-state index in [1.54, 1.807) is 38.4 Å². The second kappa shape index (κ2) is 14.5.